The first-order chi connectivity index (χ1) is 70.7. The molecule has 21 aromatic carbocycles. The summed E-state index contributed by atoms with van der Waals surface area (Å²) in [6.45, 7) is 4.58. The molecule has 0 fully saturated rings. The summed E-state index contributed by atoms with van der Waals surface area (Å²) < 4.78 is 22.3. The zero-order chi connectivity index (χ0) is 93.7. The van der Waals surface area contributed by atoms with Gasteiger partial charge in [-0.25, -0.2) is 24.9 Å². The third-order valence-corrected chi connectivity index (χ3v) is 34.3. The Hall–Kier alpha value is -17.5. The molecule has 0 aliphatic heterocycles. The number of benzene rings is 21. The fraction of sp³-hybridized carbons (Fsp3) is 0.0233. The van der Waals surface area contributed by atoms with Crippen LogP contribution in [0.4, 0.5) is 0 Å². The molecule has 11 aromatic heterocycles. The molecule has 0 saturated heterocycles. The number of nitrogens with zero attached hydrogens (tertiary/aromatic N) is 9. The van der Waals surface area contributed by atoms with Gasteiger partial charge in [0.2, 0.25) is 5.71 Å². The third kappa shape index (κ3) is 11.9. The van der Waals surface area contributed by atoms with Crippen molar-refractivity contribution in [3.63, 3.8) is 0 Å². The van der Waals surface area contributed by atoms with Crippen LogP contribution in [-0.4, -0.2) is 43.6 Å². The smallest absolute Gasteiger partial charge is 0.248 e. The van der Waals surface area contributed by atoms with Crippen LogP contribution < -0.4 is 0 Å². The molecule has 14 heteroatoms. The Morgan fingerprint density at radius 1 is 0.224 bits per heavy atom. The summed E-state index contributed by atoms with van der Waals surface area (Å²) >= 11 is 7.21. The van der Waals surface area contributed by atoms with Gasteiger partial charge in [-0.1, -0.05) is 329 Å². The van der Waals surface area contributed by atoms with Crippen LogP contribution in [0.25, 0.3) is 296 Å². The Bertz CT molecular complexity index is 10800. The first-order valence-corrected chi connectivity index (χ1v) is 51.6. The monoisotopic (exact) mass is 1890 g/mol. The van der Waals surface area contributed by atoms with Crippen molar-refractivity contribution < 1.29 is 4.42 Å². The predicted octanol–water partition coefficient (Wildman–Crippen LogP) is 36.3. The van der Waals surface area contributed by atoms with Gasteiger partial charge in [0.05, 0.1) is 44.5 Å². The molecule has 0 amide bonds. The first kappa shape index (κ1) is 80.4. The van der Waals surface area contributed by atoms with E-state index in [0.717, 1.165) is 128 Å². The molecule has 10 nitrogen and oxygen atoms in total. The lowest BCUT2D eigenvalue weighted by Gasteiger charge is -2.22. The molecular weight excluding hydrogens is 1820 g/mol. The van der Waals surface area contributed by atoms with Crippen molar-refractivity contribution in [2.75, 3.05) is 0 Å². The van der Waals surface area contributed by atoms with Crippen LogP contribution in [0.2, 0.25) is 0 Å². The molecule has 0 atom stereocenters. The van der Waals surface area contributed by atoms with Gasteiger partial charge in [0.25, 0.3) is 0 Å². The highest BCUT2D eigenvalue weighted by Crippen LogP contribution is 2.54. The Balaban J connectivity index is 0.0000000981. The maximum atomic E-state index is 6.40. The van der Waals surface area contributed by atoms with E-state index in [-0.39, 0.29) is 5.41 Å². The summed E-state index contributed by atoms with van der Waals surface area (Å²) in [4.78, 5) is 34.6. The van der Waals surface area contributed by atoms with Crippen LogP contribution in [0.1, 0.15) is 25.1 Å². The van der Waals surface area contributed by atoms with E-state index in [0.29, 0.717) is 5.71 Å². The standard InChI is InChI=1S/C45H29N3S.C42H23N3OS.C42H23N3S2/c1-45(2)35-19-9-7-16-31(35)40-43(45)47-44(41(46-40)33-18-11-21-38-39(33)32-17-8-10-20-37(32)49-38)48-36-25-28-14-4-3-13-27(28)24-34(36)30-23-22-26-12-5-6-15-29(26)42(30)48;1-2-12-26-23-33-31(22-25(26)11-1)37-27-13-4-3-10-24(27)20-21-32(37)45(33)41-39(43-40-28-14-5-7-17-34(28)46-42(40)44-41)30-16-9-19-36-38(30)29-15-6-8-18-35(29)47-36;1-2-12-26-23-33-31(22-25(26)11-1)37-27-13-4-3-10-24(27)20-21-32(37)45(33)41-39(43-40-29-15-6-8-18-35(29)47-42(40)44-41)30-16-9-19-36-38(30)28-14-5-7-17-34(28)46-36/h3-25H,1-2H3;2*1-23H. The fourth-order valence-corrected chi connectivity index (χ4v) is 27.9. The molecule has 33 rings (SSSR count). The number of furan rings is 1. The van der Waals surface area contributed by atoms with Crippen molar-refractivity contribution in [3.05, 3.63) is 430 Å². The summed E-state index contributed by atoms with van der Waals surface area (Å²) in [5.41, 5.74) is 19.8. The normalized spacial score (nSPS) is 12.7. The van der Waals surface area contributed by atoms with Gasteiger partial charge in [-0.05, 0) is 168 Å². The largest absolute Gasteiger partial charge is 0.436 e. The Morgan fingerprint density at radius 3 is 1.12 bits per heavy atom. The highest BCUT2D eigenvalue weighted by atomic mass is 32.1. The SMILES string of the molecule is CC1(C)c2ccccc2-c2nc(-c3cccc4sc5ccccc5c34)c(-n3c4cc5ccccc5cc4c4ccc5ccccc5c43)nc21.c1ccc2cc3c(cc2c1)c1c2ccccc2ccc1n3-c1nc2oc3ccccc3c2nc1-c1cccc2sc3ccccc3c12.c1ccc2cc3c(cc2c1)c1c2ccccc2ccc1n3-c1nc2sc3ccccc3c2nc1-c1cccc2sc3ccccc3c12. The van der Waals surface area contributed by atoms with Gasteiger partial charge in [-0.15, -0.1) is 45.3 Å². The van der Waals surface area contributed by atoms with Crippen LogP contribution in [0.3, 0.4) is 0 Å². The highest BCUT2D eigenvalue weighted by molar-refractivity contribution is 7.27. The molecule has 0 unspecified atom stereocenters. The van der Waals surface area contributed by atoms with E-state index in [4.69, 9.17) is 34.3 Å². The van der Waals surface area contributed by atoms with Gasteiger partial charge in [0.15, 0.2) is 17.5 Å². The summed E-state index contributed by atoms with van der Waals surface area (Å²) in [7, 11) is 0. The average Bonchev–Trinajstić information content (AvgIpc) is 1.54. The average molecular weight is 1900 g/mol. The first-order valence-electron chi connectivity index (χ1n) is 48.3. The van der Waals surface area contributed by atoms with Gasteiger partial charge in [0, 0.05) is 141 Å². The highest BCUT2D eigenvalue weighted by Gasteiger charge is 2.41. The van der Waals surface area contributed by atoms with E-state index in [1.54, 1.807) is 11.3 Å². The van der Waals surface area contributed by atoms with Crippen LogP contribution in [0.15, 0.2) is 423 Å². The van der Waals surface area contributed by atoms with Gasteiger partial charge in [-0.2, -0.15) is 4.98 Å². The van der Waals surface area contributed by atoms with Crippen LogP contribution >= 0.6 is 45.3 Å². The lowest BCUT2D eigenvalue weighted by atomic mass is 9.85. The second kappa shape index (κ2) is 30.8. The summed E-state index contributed by atoms with van der Waals surface area (Å²) in [6, 6.07) is 151. The minimum absolute atomic E-state index is 0.305. The molecule has 11 heterocycles. The van der Waals surface area contributed by atoms with Crippen molar-refractivity contribution in [2.24, 2.45) is 0 Å². The maximum absolute atomic E-state index is 6.40. The Kier molecular flexibility index (Phi) is 17.3. The molecule has 0 spiro atoms. The Labute approximate surface area is 831 Å². The van der Waals surface area contributed by atoms with Gasteiger partial charge >= 0.3 is 0 Å². The Morgan fingerprint density at radius 2 is 0.594 bits per heavy atom. The van der Waals surface area contributed by atoms with E-state index in [2.05, 4.69) is 428 Å². The second-order valence-corrected chi connectivity index (χ2v) is 42.4. The fourth-order valence-electron chi connectivity index (χ4n) is 23.5. The van der Waals surface area contributed by atoms with Gasteiger partial charge in [0.1, 0.15) is 38.5 Å². The number of para-hydroxylation sites is 1. The van der Waals surface area contributed by atoms with Crippen molar-refractivity contribution in [1.82, 2.24) is 43.6 Å². The molecule has 0 saturated carbocycles. The lowest BCUT2D eigenvalue weighted by molar-refractivity contribution is 0.633. The summed E-state index contributed by atoms with van der Waals surface area (Å²) in [5, 5.41) is 31.4. The summed E-state index contributed by atoms with van der Waals surface area (Å²) in [6.07, 6.45) is 0. The number of hydrogen-bond donors (Lipinski definition) is 0. The molecule has 0 bridgehead atoms. The van der Waals surface area contributed by atoms with Gasteiger partial charge in [-0.3, -0.25) is 13.7 Å². The van der Waals surface area contributed by atoms with E-state index in [1.165, 1.54) is 173 Å². The van der Waals surface area contributed by atoms with Crippen LogP contribution in [0, 0.1) is 0 Å². The molecule has 0 radical (unpaired) electrons. The van der Waals surface area contributed by atoms with Crippen molar-refractivity contribution in [3.8, 4) is 62.5 Å². The van der Waals surface area contributed by atoms with Crippen molar-refractivity contribution in [2.45, 2.75) is 19.3 Å². The van der Waals surface area contributed by atoms with Gasteiger partial charge < -0.3 is 4.42 Å². The predicted molar refractivity (Wildman–Crippen MR) is 607 cm³/mol. The number of thiophene rings is 4. The topological polar surface area (TPSA) is 105 Å². The van der Waals surface area contributed by atoms with E-state index >= 15 is 0 Å². The number of hydrogen-bond acceptors (Lipinski definition) is 11. The minimum Gasteiger partial charge on any atom is -0.436 e. The summed E-state index contributed by atoms with van der Waals surface area (Å²) in [5.74, 6) is 2.48. The zero-order valence-electron chi connectivity index (χ0n) is 76.9. The third-order valence-electron chi connectivity index (χ3n) is 29.9. The zero-order valence-corrected chi connectivity index (χ0v) is 80.2. The van der Waals surface area contributed by atoms with E-state index < -0.39 is 0 Å². The van der Waals surface area contributed by atoms with Crippen molar-refractivity contribution in [1.29, 1.82) is 0 Å². The molecule has 666 valence electrons. The van der Waals surface area contributed by atoms with E-state index in [9.17, 15) is 0 Å². The maximum Gasteiger partial charge on any atom is 0.248 e. The van der Waals surface area contributed by atoms with Crippen molar-refractivity contribution >= 4 is 279 Å². The quantitative estimate of drug-likeness (QED) is 0.163. The lowest BCUT2D eigenvalue weighted by Crippen LogP contribution is -2.18. The molecular formula is C129H75N9OS4. The molecule has 32 aromatic rings. The number of fused-ring (bicyclic) bond motifs is 36. The minimum atomic E-state index is -0.305. The number of aromatic nitrogens is 9. The molecule has 1 aliphatic carbocycles. The van der Waals surface area contributed by atoms with Crippen LogP contribution in [-0.2, 0) is 5.41 Å². The van der Waals surface area contributed by atoms with E-state index in [1.807, 2.05) is 52.2 Å². The molecule has 143 heavy (non-hydrogen) atoms. The molecule has 1 aliphatic rings. The second-order valence-electron chi connectivity index (χ2n) is 38.1. The molecule has 0 N–H and O–H groups in total. The van der Waals surface area contributed by atoms with Crippen LogP contribution in [0.5, 0.6) is 0 Å². The number of rotatable bonds is 6.